The maximum absolute atomic E-state index is 11.6. The highest BCUT2D eigenvalue weighted by molar-refractivity contribution is 7.80. The van der Waals surface area contributed by atoms with Crippen LogP contribution < -0.4 is 10.5 Å². The van der Waals surface area contributed by atoms with Gasteiger partial charge in [0.05, 0.1) is 23.1 Å². The van der Waals surface area contributed by atoms with E-state index in [0.29, 0.717) is 16.3 Å². The first kappa shape index (κ1) is 15.7. The fourth-order valence-corrected chi connectivity index (χ4v) is 1.99. The Morgan fingerprint density at radius 3 is 2.63 bits per heavy atom. The number of carbonyl (C=O) groups is 1. The smallest absolute Gasteiger partial charge is 0.314 e. The molecule has 1 aromatic rings. The first-order valence-corrected chi connectivity index (χ1v) is 6.37. The Hall–Kier alpha value is -1.33. The number of nitrogens with two attached hydrogens (primary N) is 1. The average Bonchev–Trinajstić information content (AvgIpc) is 2.34. The van der Waals surface area contributed by atoms with Gasteiger partial charge in [0.15, 0.2) is 0 Å². The molecule has 1 rings (SSSR count). The van der Waals surface area contributed by atoms with Crippen LogP contribution in [0.5, 0.6) is 5.75 Å². The molecule has 0 aliphatic heterocycles. The third kappa shape index (κ3) is 3.81. The van der Waals surface area contributed by atoms with Crippen molar-refractivity contribution in [3.8, 4) is 5.75 Å². The molecule has 0 spiro atoms. The maximum atomic E-state index is 11.6. The van der Waals surface area contributed by atoms with Gasteiger partial charge in [0.25, 0.3) is 0 Å². The zero-order chi connectivity index (χ0) is 14.6. The summed E-state index contributed by atoms with van der Waals surface area (Å²) in [6.07, 6.45) is 0. The third-order valence-electron chi connectivity index (χ3n) is 2.55. The van der Waals surface area contributed by atoms with Crippen LogP contribution in [0.1, 0.15) is 19.4 Å². The molecule has 104 valence electrons. The third-order valence-corrected chi connectivity index (χ3v) is 3.07. The number of halogens is 1. The van der Waals surface area contributed by atoms with Gasteiger partial charge in [0.1, 0.15) is 17.3 Å². The SMILES string of the molecule is COC(=O)C(C)(C)COc1cccc(Cl)c1C(N)=S. The van der Waals surface area contributed by atoms with Crippen molar-refractivity contribution >= 4 is 34.8 Å². The number of benzene rings is 1. The van der Waals surface area contributed by atoms with E-state index in [1.165, 1.54) is 7.11 Å². The highest BCUT2D eigenvalue weighted by Gasteiger charge is 2.30. The van der Waals surface area contributed by atoms with Gasteiger partial charge >= 0.3 is 5.97 Å². The highest BCUT2D eigenvalue weighted by Crippen LogP contribution is 2.28. The lowest BCUT2D eigenvalue weighted by Crippen LogP contribution is -2.32. The lowest BCUT2D eigenvalue weighted by molar-refractivity contribution is -0.152. The molecule has 0 saturated carbocycles. The first-order chi connectivity index (χ1) is 8.79. The zero-order valence-electron chi connectivity index (χ0n) is 11.0. The molecule has 0 unspecified atom stereocenters. The maximum Gasteiger partial charge on any atom is 0.314 e. The molecule has 0 aliphatic rings. The summed E-state index contributed by atoms with van der Waals surface area (Å²) < 4.78 is 10.3. The predicted molar refractivity (Wildman–Crippen MR) is 78.6 cm³/mol. The van der Waals surface area contributed by atoms with Crippen molar-refractivity contribution in [2.75, 3.05) is 13.7 Å². The second kappa shape index (κ2) is 6.21. The lowest BCUT2D eigenvalue weighted by Gasteiger charge is -2.22. The van der Waals surface area contributed by atoms with E-state index >= 15 is 0 Å². The van der Waals surface area contributed by atoms with E-state index in [1.54, 1.807) is 32.0 Å². The Balaban J connectivity index is 2.93. The van der Waals surface area contributed by atoms with E-state index in [4.69, 9.17) is 39.0 Å². The quantitative estimate of drug-likeness (QED) is 0.669. The van der Waals surface area contributed by atoms with Crippen molar-refractivity contribution in [2.24, 2.45) is 11.1 Å². The van der Waals surface area contributed by atoms with Gasteiger partial charge in [-0.15, -0.1) is 0 Å². The van der Waals surface area contributed by atoms with Crippen LogP contribution in [0.4, 0.5) is 0 Å². The number of esters is 1. The molecular formula is C13H16ClNO3S. The molecule has 0 radical (unpaired) electrons. The van der Waals surface area contributed by atoms with Gasteiger partial charge < -0.3 is 15.2 Å². The highest BCUT2D eigenvalue weighted by atomic mass is 35.5. The van der Waals surface area contributed by atoms with Gasteiger partial charge in [-0.3, -0.25) is 4.79 Å². The molecule has 4 nitrogen and oxygen atoms in total. The number of hydrogen-bond donors (Lipinski definition) is 1. The second-order valence-electron chi connectivity index (χ2n) is 4.64. The summed E-state index contributed by atoms with van der Waals surface area (Å²) in [5, 5.41) is 0.417. The van der Waals surface area contributed by atoms with Crippen LogP contribution >= 0.6 is 23.8 Å². The standard InChI is InChI=1S/C13H16ClNO3S/c1-13(2,12(16)17-3)7-18-9-6-4-5-8(14)10(9)11(15)19/h4-6H,7H2,1-3H3,(H2,15,19). The van der Waals surface area contributed by atoms with Crippen LogP contribution in [0.2, 0.25) is 5.02 Å². The summed E-state index contributed by atoms with van der Waals surface area (Å²) >= 11 is 11.0. The van der Waals surface area contributed by atoms with Crippen molar-refractivity contribution in [2.45, 2.75) is 13.8 Å². The molecule has 0 atom stereocenters. The summed E-state index contributed by atoms with van der Waals surface area (Å²) in [5.41, 5.74) is 5.31. The summed E-state index contributed by atoms with van der Waals surface area (Å²) in [4.78, 5) is 11.7. The summed E-state index contributed by atoms with van der Waals surface area (Å²) in [6.45, 7) is 3.59. The minimum atomic E-state index is -0.773. The molecule has 19 heavy (non-hydrogen) atoms. The van der Waals surface area contributed by atoms with E-state index in [2.05, 4.69) is 0 Å². The van der Waals surface area contributed by atoms with Gasteiger partial charge in [-0.25, -0.2) is 0 Å². The van der Waals surface area contributed by atoms with Crippen LogP contribution in [-0.4, -0.2) is 24.7 Å². The van der Waals surface area contributed by atoms with Gasteiger partial charge in [-0.2, -0.15) is 0 Å². The summed E-state index contributed by atoms with van der Waals surface area (Å²) in [5.74, 6) is 0.100. The second-order valence-corrected chi connectivity index (χ2v) is 5.49. The molecule has 0 bridgehead atoms. The molecule has 6 heteroatoms. The number of carbonyl (C=O) groups excluding carboxylic acids is 1. The number of rotatable bonds is 5. The largest absolute Gasteiger partial charge is 0.492 e. The van der Waals surface area contributed by atoms with Crippen molar-refractivity contribution in [1.29, 1.82) is 0 Å². The van der Waals surface area contributed by atoms with Crippen molar-refractivity contribution < 1.29 is 14.3 Å². The van der Waals surface area contributed by atoms with Crippen LogP contribution in [0.3, 0.4) is 0 Å². The van der Waals surface area contributed by atoms with Crippen LogP contribution in [0.15, 0.2) is 18.2 Å². The molecule has 0 aliphatic carbocycles. The number of methoxy groups -OCH3 is 1. The molecule has 0 amide bonds. The minimum Gasteiger partial charge on any atom is -0.492 e. The Morgan fingerprint density at radius 1 is 1.47 bits per heavy atom. The molecule has 0 fully saturated rings. The number of hydrogen-bond acceptors (Lipinski definition) is 4. The lowest BCUT2D eigenvalue weighted by atomic mass is 9.95. The first-order valence-electron chi connectivity index (χ1n) is 5.59. The van der Waals surface area contributed by atoms with Crippen LogP contribution in [0.25, 0.3) is 0 Å². The van der Waals surface area contributed by atoms with Gasteiger partial charge in [0, 0.05) is 0 Å². The average molecular weight is 302 g/mol. The fraction of sp³-hybridized carbons (Fsp3) is 0.385. The van der Waals surface area contributed by atoms with E-state index in [1.807, 2.05) is 0 Å². The van der Waals surface area contributed by atoms with Gasteiger partial charge in [-0.1, -0.05) is 29.9 Å². The molecule has 0 heterocycles. The Labute approximate surface area is 122 Å². The van der Waals surface area contributed by atoms with E-state index in [0.717, 1.165) is 0 Å². The normalized spacial score (nSPS) is 10.9. The topological polar surface area (TPSA) is 61.5 Å². The summed E-state index contributed by atoms with van der Waals surface area (Å²) in [7, 11) is 1.34. The molecular weight excluding hydrogens is 286 g/mol. The monoisotopic (exact) mass is 301 g/mol. The predicted octanol–water partition coefficient (Wildman–Crippen LogP) is 2.55. The molecule has 2 N–H and O–H groups in total. The Morgan fingerprint density at radius 2 is 2.11 bits per heavy atom. The minimum absolute atomic E-state index is 0.135. The zero-order valence-corrected chi connectivity index (χ0v) is 12.6. The Bertz CT molecular complexity index is 503. The molecule has 1 aromatic carbocycles. The Kier molecular flexibility index (Phi) is 5.14. The van der Waals surface area contributed by atoms with Gasteiger partial charge in [0.2, 0.25) is 0 Å². The van der Waals surface area contributed by atoms with Crippen molar-refractivity contribution in [3.05, 3.63) is 28.8 Å². The number of ether oxygens (including phenoxy) is 2. The molecule has 0 aromatic heterocycles. The molecule has 0 saturated heterocycles. The van der Waals surface area contributed by atoms with E-state index in [-0.39, 0.29) is 17.6 Å². The fourth-order valence-electron chi connectivity index (χ4n) is 1.46. The van der Waals surface area contributed by atoms with Crippen LogP contribution in [-0.2, 0) is 9.53 Å². The van der Waals surface area contributed by atoms with Crippen LogP contribution in [0, 0.1) is 5.41 Å². The van der Waals surface area contributed by atoms with E-state index < -0.39 is 5.41 Å². The summed E-state index contributed by atoms with van der Waals surface area (Å²) in [6, 6.07) is 5.10. The number of thiocarbonyl (C=S) groups is 1. The van der Waals surface area contributed by atoms with Crippen molar-refractivity contribution in [3.63, 3.8) is 0 Å². The van der Waals surface area contributed by atoms with E-state index in [9.17, 15) is 4.79 Å². The van der Waals surface area contributed by atoms with Crippen molar-refractivity contribution in [1.82, 2.24) is 0 Å². The van der Waals surface area contributed by atoms with Gasteiger partial charge in [-0.05, 0) is 26.0 Å².